The Hall–Kier alpha value is -0.120. The second-order valence-corrected chi connectivity index (χ2v) is 5.57. The van der Waals surface area contributed by atoms with Crippen LogP contribution in [-0.4, -0.2) is 48.3 Å². The molecule has 0 amide bonds. The number of aliphatic hydroxyl groups is 1. The highest BCUT2D eigenvalue weighted by Gasteiger charge is 2.20. The molecule has 0 aromatic rings. The van der Waals surface area contributed by atoms with Gasteiger partial charge in [0.1, 0.15) is 0 Å². The highest BCUT2D eigenvalue weighted by molar-refractivity contribution is 4.76. The molecular formula is C15H32N2O. The number of aliphatic hydroxyl groups excluding tert-OH is 1. The average molecular weight is 256 g/mol. The molecule has 3 heteroatoms. The van der Waals surface area contributed by atoms with Crippen LogP contribution < -0.4 is 5.32 Å². The summed E-state index contributed by atoms with van der Waals surface area (Å²) in [7, 11) is 0. The largest absolute Gasteiger partial charge is 0.395 e. The normalized spacial score (nSPS) is 23.8. The fraction of sp³-hybridized carbons (Fsp3) is 1.00. The van der Waals surface area contributed by atoms with Crippen molar-refractivity contribution in [2.45, 2.75) is 70.9 Å². The molecule has 0 aliphatic carbocycles. The van der Waals surface area contributed by atoms with Crippen molar-refractivity contribution in [1.29, 1.82) is 0 Å². The van der Waals surface area contributed by atoms with Gasteiger partial charge in [-0.2, -0.15) is 0 Å². The fourth-order valence-electron chi connectivity index (χ4n) is 2.92. The van der Waals surface area contributed by atoms with Crippen LogP contribution in [0.15, 0.2) is 0 Å². The van der Waals surface area contributed by atoms with E-state index in [1.807, 2.05) is 0 Å². The first kappa shape index (κ1) is 15.9. The molecule has 2 atom stereocenters. The molecule has 0 aromatic heterocycles. The molecule has 0 saturated carbocycles. The number of hydrogen-bond donors (Lipinski definition) is 2. The van der Waals surface area contributed by atoms with E-state index in [0.717, 1.165) is 32.0 Å². The molecule has 0 radical (unpaired) electrons. The molecule has 0 spiro atoms. The van der Waals surface area contributed by atoms with Gasteiger partial charge < -0.3 is 15.3 Å². The summed E-state index contributed by atoms with van der Waals surface area (Å²) in [6.07, 6.45) is 8.99. The van der Waals surface area contributed by atoms with E-state index in [1.165, 1.54) is 38.6 Å². The van der Waals surface area contributed by atoms with Crippen LogP contribution in [0.25, 0.3) is 0 Å². The van der Waals surface area contributed by atoms with Crippen molar-refractivity contribution in [2.75, 3.05) is 26.2 Å². The lowest BCUT2D eigenvalue weighted by molar-refractivity contribution is 0.167. The third-order valence-corrected chi connectivity index (χ3v) is 4.14. The van der Waals surface area contributed by atoms with E-state index in [0.29, 0.717) is 0 Å². The predicted octanol–water partition coefficient (Wildman–Crippen LogP) is 2.39. The van der Waals surface area contributed by atoms with Crippen LogP contribution in [0.5, 0.6) is 0 Å². The van der Waals surface area contributed by atoms with E-state index in [9.17, 15) is 5.11 Å². The van der Waals surface area contributed by atoms with Gasteiger partial charge >= 0.3 is 0 Å². The summed E-state index contributed by atoms with van der Waals surface area (Å²) in [4.78, 5) is 2.66. The van der Waals surface area contributed by atoms with Crippen LogP contribution >= 0.6 is 0 Å². The summed E-state index contributed by atoms with van der Waals surface area (Å²) >= 11 is 0. The average Bonchev–Trinajstić information content (AvgIpc) is 2.64. The van der Waals surface area contributed by atoms with Crippen molar-refractivity contribution in [3.63, 3.8) is 0 Å². The summed E-state index contributed by atoms with van der Waals surface area (Å²) in [5, 5.41) is 12.8. The molecule has 2 unspecified atom stereocenters. The quantitative estimate of drug-likeness (QED) is 0.700. The maximum absolute atomic E-state index is 9.38. The maximum Gasteiger partial charge on any atom is 0.0585 e. The van der Waals surface area contributed by atoms with Gasteiger partial charge in [0.05, 0.1) is 6.61 Å². The molecule has 1 heterocycles. The Kier molecular flexibility index (Phi) is 8.64. The first-order valence-electron chi connectivity index (χ1n) is 7.90. The van der Waals surface area contributed by atoms with Crippen LogP contribution in [0.3, 0.4) is 0 Å². The Morgan fingerprint density at radius 3 is 2.78 bits per heavy atom. The zero-order valence-electron chi connectivity index (χ0n) is 12.3. The number of rotatable bonds is 8. The van der Waals surface area contributed by atoms with Crippen molar-refractivity contribution in [3.8, 4) is 0 Å². The van der Waals surface area contributed by atoms with Gasteiger partial charge in [0, 0.05) is 12.1 Å². The lowest BCUT2D eigenvalue weighted by Crippen LogP contribution is -2.40. The summed E-state index contributed by atoms with van der Waals surface area (Å²) < 4.78 is 0. The molecule has 1 aliphatic rings. The number of hydrogen-bond acceptors (Lipinski definition) is 3. The van der Waals surface area contributed by atoms with Gasteiger partial charge in [-0.3, -0.25) is 0 Å². The summed E-state index contributed by atoms with van der Waals surface area (Å²) in [6.45, 7) is 8.16. The van der Waals surface area contributed by atoms with Crippen LogP contribution in [0, 0.1) is 0 Å². The summed E-state index contributed by atoms with van der Waals surface area (Å²) in [5.41, 5.74) is 0. The van der Waals surface area contributed by atoms with Crippen molar-refractivity contribution in [3.05, 3.63) is 0 Å². The Balaban J connectivity index is 2.33. The minimum Gasteiger partial charge on any atom is -0.395 e. The first-order valence-corrected chi connectivity index (χ1v) is 7.90. The van der Waals surface area contributed by atoms with Crippen LogP contribution in [0.4, 0.5) is 0 Å². The monoisotopic (exact) mass is 256 g/mol. The zero-order chi connectivity index (χ0) is 13.2. The molecule has 1 fully saturated rings. The van der Waals surface area contributed by atoms with E-state index in [2.05, 4.69) is 24.1 Å². The highest BCUT2D eigenvalue weighted by Crippen LogP contribution is 2.19. The highest BCUT2D eigenvalue weighted by atomic mass is 16.3. The molecule has 2 N–H and O–H groups in total. The van der Waals surface area contributed by atoms with Crippen molar-refractivity contribution in [1.82, 2.24) is 10.2 Å². The maximum atomic E-state index is 9.38. The van der Waals surface area contributed by atoms with Crippen LogP contribution in [0.2, 0.25) is 0 Å². The number of likely N-dealkylation sites (tertiary alicyclic amines) is 1. The topological polar surface area (TPSA) is 35.5 Å². The lowest BCUT2D eigenvalue weighted by Gasteiger charge is -2.30. The Bertz CT molecular complexity index is 199. The van der Waals surface area contributed by atoms with Crippen molar-refractivity contribution < 1.29 is 5.11 Å². The molecule has 18 heavy (non-hydrogen) atoms. The number of nitrogens with one attached hydrogen (secondary N) is 1. The van der Waals surface area contributed by atoms with E-state index >= 15 is 0 Å². The summed E-state index contributed by atoms with van der Waals surface area (Å²) in [5.74, 6) is 0. The van der Waals surface area contributed by atoms with Gasteiger partial charge in [-0.05, 0) is 51.7 Å². The third-order valence-electron chi connectivity index (χ3n) is 4.14. The Morgan fingerprint density at radius 1 is 1.28 bits per heavy atom. The molecule has 1 saturated heterocycles. The molecular weight excluding hydrogens is 224 g/mol. The van der Waals surface area contributed by atoms with Gasteiger partial charge in [0.25, 0.3) is 0 Å². The minimum absolute atomic E-state index is 0.268. The van der Waals surface area contributed by atoms with Gasteiger partial charge in [-0.25, -0.2) is 0 Å². The molecule has 1 aliphatic heterocycles. The van der Waals surface area contributed by atoms with E-state index in [-0.39, 0.29) is 12.6 Å². The fourth-order valence-corrected chi connectivity index (χ4v) is 2.92. The molecule has 3 nitrogen and oxygen atoms in total. The molecule has 0 aromatic carbocycles. The molecule has 1 rings (SSSR count). The second kappa shape index (κ2) is 9.76. The van der Waals surface area contributed by atoms with E-state index in [1.54, 1.807) is 0 Å². The predicted molar refractivity (Wildman–Crippen MR) is 77.9 cm³/mol. The molecule has 108 valence electrons. The van der Waals surface area contributed by atoms with Gasteiger partial charge in [0.2, 0.25) is 0 Å². The minimum atomic E-state index is 0.268. The van der Waals surface area contributed by atoms with Crippen molar-refractivity contribution >= 4 is 0 Å². The van der Waals surface area contributed by atoms with Gasteiger partial charge in [-0.15, -0.1) is 0 Å². The second-order valence-electron chi connectivity index (χ2n) is 5.57. The standard InChI is InChI=1S/C15H32N2O/c1-3-10-16-14(13-18)9-12-17-11-7-5-6-8-15(17)4-2/h14-16,18H,3-13H2,1-2H3. The van der Waals surface area contributed by atoms with Gasteiger partial charge in [0.15, 0.2) is 0 Å². The molecule has 0 bridgehead atoms. The first-order chi connectivity index (χ1) is 8.81. The van der Waals surface area contributed by atoms with Crippen molar-refractivity contribution in [2.24, 2.45) is 0 Å². The SMILES string of the molecule is CCCNC(CO)CCN1CCCCCC1CC. The lowest BCUT2D eigenvalue weighted by atomic mass is 10.1. The Morgan fingerprint density at radius 2 is 2.11 bits per heavy atom. The number of nitrogens with zero attached hydrogens (tertiary/aromatic N) is 1. The van der Waals surface area contributed by atoms with Crippen LogP contribution in [0.1, 0.15) is 58.8 Å². The zero-order valence-corrected chi connectivity index (χ0v) is 12.3. The Labute approximate surface area is 113 Å². The van der Waals surface area contributed by atoms with Crippen LogP contribution in [-0.2, 0) is 0 Å². The summed E-state index contributed by atoms with van der Waals surface area (Å²) in [6, 6.07) is 1.06. The van der Waals surface area contributed by atoms with E-state index < -0.39 is 0 Å². The third kappa shape index (κ3) is 5.68. The van der Waals surface area contributed by atoms with E-state index in [4.69, 9.17) is 0 Å². The van der Waals surface area contributed by atoms with Gasteiger partial charge in [-0.1, -0.05) is 26.7 Å². The smallest absolute Gasteiger partial charge is 0.0585 e.